The SMILES string of the molecule is C[C@@H](Cl)C(=O)Nc1ccccc1S(C)(=O)=O. The van der Waals surface area contributed by atoms with E-state index in [9.17, 15) is 13.2 Å². The molecule has 6 heteroatoms. The molecule has 0 aromatic heterocycles. The number of benzene rings is 1. The fourth-order valence-corrected chi connectivity index (χ4v) is 2.02. The van der Waals surface area contributed by atoms with Gasteiger partial charge in [0, 0.05) is 6.26 Å². The zero-order valence-electron chi connectivity index (χ0n) is 8.90. The maximum Gasteiger partial charge on any atom is 0.242 e. The first-order valence-corrected chi connectivity index (χ1v) is 6.89. The molecule has 88 valence electrons. The van der Waals surface area contributed by atoms with Crippen LogP contribution in [0.5, 0.6) is 0 Å². The number of amides is 1. The van der Waals surface area contributed by atoms with Crippen molar-refractivity contribution in [2.45, 2.75) is 17.2 Å². The smallest absolute Gasteiger partial charge is 0.242 e. The molecule has 0 unspecified atom stereocenters. The van der Waals surface area contributed by atoms with Crippen LogP contribution < -0.4 is 5.32 Å². The van der Waals surface area contributed by atoms with Gasteiger partial charge in [-0.3, -0.25) is 4.79 Å². The molecule has 0 aliphatic carbocycles. The number of hydrogen-bond donors (Lipinski definition) is 1. The van der Waals surface area contributed by atoms with Gasteiger partial charge in [0.05, 0.1) is 10.6 Å². The molecule has 0 spiro atoms. The standard InChI is InChI=1S/C10H12ClNO3S/c1-7(11)10(13)12-8-5-3-4-6-9(8)16(2,14)15/h3-7H,1-2H3,(H,12,13)/t7-/m1/s1. The highest BCUT2D eigenvalue weighted by molar-refractivity contribution is 7.90. The molecule has 0 aliphatic heterocycles. The molecule has 0 fully saturated rings. The Hall–Kier alpha value is -1.07. The quantitative estimate of drug-likeness (QED) is 0.842. The molecule has 0 saturated heterocycles. The number of carbonyl (C=O) groups excluding carboxylic acids is 1. The first kappa shape index (κ1) is 13.0. The lowest BCUT2D eigenvalue weighted by Gasteiger charge is -2.10. The van der Waals surface area contributed by atoms with Gasteiger partial charge in [-0.1, -0.05) is 12.1 Å². The Morgan fingerprint density at radius 3 is 2.44 bits per heavy atom. The third-order valence-corrected chi connectivity index (χ3v) is 3.26. The van der Waals surface area contributed by atoms with Crippen molar-refractivity contribution >= 4 is 33.0 Å². The Bertz CT molecular complexity index is 497. The van der Waals surface area contributed by atoms with E-state index in [1.54, 1.807) is 12.1 Å². The van der Waals surface area contributed by atoms with E-state index in [1.165, 1.54) is 19.1 Å². The van der Waals surface area contributed by atoms with E-state index in [-0.39, 0.29) is 10.6 Å². The summed E-state index contributed by atoms with van der Waals surface area (Å²) in [4.78, 5) is 11.4. The van der Waals surface area contributed by atoms with E-state index in [1.807, 2.05) is 0 Å². The Kier molecular flexibility index (Phi) is 3.93. The highest BCUT2D eigenvalue weighted by atomic mass is 35.5. The lowest BCUT2D eigenvalue weighted by Crippen LogP contribution is -2.21. The van der Waals surface area contributed by atoms with Gasteiger partial charge in [-0.25, -0.2) is 8.42 Å². The summed E-state index contributed by atoms with van der Waals surface area (Å²) in [5.74, 6) is -0.433. The van der Waals surface area contributed by atoms with Crippen LogP contribution in [0, 0.1) is 0 Å². The minimum atomic E-state index is -3.36. The van der Waals surface area contributed by atoms with Crippen molar-refractivity contribution < 1.29 is 13.2 Å². The molecule has 1 rings (SSSR count). The lowest BCUT2D eigenvalue weighted by atomic mass is 10.3. The Balaban J connectivity index is 3.11. The predicted molar refractivity (Wildman–Crippen MR) is 63.5 cm³/mol. The Morgan fingerprint density at radius 1 is 1.38 bits per heavy atom. The van der Waals surface area contributed by atoms with Crippen LogP contribution in [0.25, 0.3) is 0 Å². The van der Waals surface area contributed by atoms with Gasteiger partial charge in [-0.15, -0.1) is 11.6 Å². The normalized spacial score (nSPS) is 13.2. The molecule has 16 heavy (non-hydrogen) atoms. The number of alkyl halides is 1. The molecular weight excluding hydrogens is 250 g/mol. The van der Waals surface area contributed by atoms with Gasteiger partial charge in [0.1, 0.15) is 5.38 Å². The van der Waals surface area contributed by atoms with Crippen molar-refractivity contribution in [3.8, 4) is 0 Å². The molecule has 1 amide bonds. The number of sulfone groups is 1. The predicted octanol–water partition coefficient (Wildman–Crippen LogP) is 1.66. The highest BCUT2D eigenvalue weighted by Crippen LogP contribution is 2.20. The van der Waals surface area contributed by atoms with Gasteiger partial charge < -0.3 is 5.32 Å². The van der Waals surface area contributed by atoms with Crippen LogP contribution in [0.2, 0.25) is 0 Å². The number of rotatable bonds is 3. The van der Waals surface area contributed by atoms with Crippen LogP contribution in [0.3, 0.4) is 0 Å². The van der Waals surface area contributed by atoms with Crippen LogP contribution in [0.4, 0.5) is 5.69 Å². The van der Waals surface area contributed by atoms with E-state index in [0.717, 1.165) is 6.26 Å². The Morgan fingerprint density at radius 2 is 1.94 bits per heavy atom. The summed E-state index contributed by atoms with van der Waals surface area (Å²) < 4.78 is 22.8. The topological polar surface area (TPSA) is 63.2 Å². The number of para-hydroxylation sites is 1. The van der Waals surface area contributed by atoms with Crippen LogP contribution >= 0.6 is 11.6 Å². The van der Waals surface area contributed by atoms with Crippen molar-refractivity contribution in [2.75, 3.05) is 11.6 Å². The first-order valence-electron chi connectivity index (χ1n) is 4.56. The second-order valence-corrected chi connectivity index (χ2v) is 6.01. The summed E-state index contributed by atoms with van der Waals surface area (Å²) >= 11 is 5.58. The molecule has 0 bridgehead atoms. The molecule has 1 aromatic rings. The zero-order chi connectivity index (χ0) is 12.3. The zero-order valence-corrected chi connectivity index (χ0v) is 10.5. The van der Waals surface area contributed by atoms with Gasteiger partial charge in [-0.2, -0.15) is 0 Å². The minimum Gasteiger partial charge on any atom is -0.324 e. The van der Waals surface area contributed by atoms with Crippen LogP contribution in [0.1, 0.15) is 6.92 Å². The summed E-state index contributed by atoms with van der Waals surface area (Å²) in [6.45, 7) is 1.51. The molecule has 1 N–H and O–H groups in total. The fourth-order valence-electron chi connectivity index (χ4n) is 1.13. The van der Waals surface area contributed by atoms with Crippen molar-refractivity contribution in [3.63, 3.8) is 0 Å². The molecule has 4 nitrogen and oxygen atoms in total. The van der Waals surface area contributed by atoms with E-state index in [4.69, 9.17) is 11.6 Å². The summed E-state index contributed by atoms with van der Waals surface area (Å²) in [5, 5.41) is 1.75. The molecule has 0 saturated carbocycles. The Labute approximate surface area is 99.5 Å². The number of hydrogen-bond acceptors (Lipinski definition) is 3. The average Bonchev–Trinajstić information content (AvgIpc) is 2.16. The average molecular weight is 262 g/mol. The maximum absolute atomic E-state index is 11.4. The molecular formula is C10H12ClNO3S. The molecule has 1 atom stereocenters. The first-order chi connectivity index (χ1) is 7.32. The van der Waals surface area contributed by atoms with Gasteiger partial charge >= 0.3 is 0 Å². The third-order valence-electron chi connectivity index (χ3n) is 1.91. The third kappa shape index (κ3) is 3.21. The maximum atomic E-state index is 11.4. The van der Waals surface area contributed by atoms with Crippen LogP contribution in [0.15, 0.2) is 29.2 Å². The monoisotopic (exact) mass is 261 g/mol. The number of nitrogens with one attached hydrogen (secondary N) is 1. The summed E-state index contributed by atoms with van der Waals surface area (Å²) in [5.41, 5.74) is 0.252. The summed E-state index contributed by atoms with van der Waals surface area (Å²) in [6.07, 6.45) is 1.09. The molecule has 1 aromatic carbocycles. The van der Waals surface area contributed by atoms with Crippen LogP contribution in [-0.4, -0.2) is 26.0 Å². The van der Waals surface area contributed by atoms with E-state index >= 15 is 0 Å². The highest BCUT2D eigenvalue weighted by Gasteiger charge is 2.16. The lowest BCUT2D eigenvalue weighted by molar-refractivity contribution is -0.115. The van der Waals surface area contributed by atoms with Gasteiger partial charge in [0.25, 0.3) is 0 Å². The van der Waals surface area contributed by atoms with Gasteiger partial charge in [-0.05, 0) is 19.1 Å². The van der Waals surface area contributed by atoms with Crippen molar-refractivity contribution in [1.82, 2.24) is 0 Å². The minimum absolute atomic E-state index is 0.0840. The number of anilines is 1. The van der Waals surface area contributed by atoms with Gasteiger partial charge in [0.15, 0.2) is 9.84 Å². The molecule has 0 heterocycles. The van der Waals surface area contributed by atoms with Crippen LogP contribution in [-0.2, 0) is 14.6 Å². The van der Waals surface area contributed by atoms with Crippen molar-refractivity contribution in [2.24, 2.45) is 0 Å². The van der Waals surface area contributed by atoms with E-state index < -0.39 is 21.1 Å². The second-order valence-electron chi connectivity index (χ2n) is 3.37. The van der Waals surface area contributed by atoms with Crippen molar-refractivity contribution in [3.05, 3.63) is 24.3 Å². The van der Waals surface area contributed by atoms with Gasteiger partial charge in [0.2, 0.25) is 5.91 Å². The van der Waals surface area contributed by atoms with E-state index in [2.05, 4.69) is 5.32 Å². The molecule has 0 radical (unpaired) electrons. The summed E-state index contributed by atoms with van der Waals surface area (Å²) in [7, 11) is -3.36. The summed E-state index contributed by atoms with van der Waals surface area (Å²) in [6, 6.07) is 6.19. The second kappa shape index (κ2) is 4.84. The fraction of sp³-hybridized carbons (Fsp3) is 0.300. The molecule has 0 aliphatic rings. The number of carbonyl (C=O) groups is 1. The van der Waals surface area contributed by atoms with Crippen molar-refractivity contribution in [1.29, 1.82) is 0 Å². The van der Waals surface area contributed by atoms with E-state index in [0.29, 0.717) is 0 Å². The largest absolute Gasteiger partial charge is 0.324 e. The number of halogens is 1.